The molecule has 0 amide bonds. The normalized spacial score (nSPS) is 29.8. The van der Waals surface area contributed by atoms with E-state index < -0.39 is 0 Å². The molecule has 0 saturated carbocycles. The summed E-state index contributed by atoms with van der Waals surface area (Å²) in [6.45, 7) is 13.9. The van der Waals surface area contributed by atoms with Crippen molar-refractivity contribution in [1.82, 2.24) is 0 Å². The minimum absolute atomic E-state index is 0.131. The zero-order valence-electron chi connectivity index (χ0n) is 14.6. The quantitative estimate of drug-likeness (QED) is 0.732. The van der Waals surface area contributed by atoms with Gasteiger partial charge in [0, 0.05) is 0 Å². The Hall–Kier alpha value is -0.406. The maximum Gasteiger partial charge on any atom is -0.153 e. The Morgan fingerprint density at radius 1 is 0.714 bits per heavy atom. The third kappa shape index (κ3) is 4.79. The fraction of sp³-hybridized carbons (Fsp3) is 0.556. The number of allylic oxidation sites excluding steroid dienone is 8. The van der Waals surface area contributed by atoms with Crippen LogP contribution in [-0.4, -0.2) is 14.2 Å². The van der Waals surface area contributed by atoms with E-state index in [0.29, 0.717) is 7.44 Å². The minimum atomic E-state index is -0.131. The maximum atomic E-state index is 8.25. The third-order valence-electron chi connectivity index (χ3n) is 4.08. The summed E-state index contributed by atoms with van der Waals surface area (Å²) >= 11 is -0.131. The molecule has 2 rings (SSSR count). The Morgan fingerprint density at radius 2 is 1.00 bits per heavy atom. The minimum Gasteiger partial charge on any atom is -0.857 e. The Morgan fingerprint density at radius 3 is 1.19 bits per heavy atom. The molecule has 3 heteroatoms. The Labute approximate surface area is 139 Å². The molecule has 0 saturated heterocycles. The van der Waals surface area contributed by atoms with E-state index in [-0.39, 0.29) is 19.2 Å². The van der Waals surface area contributed by atoms with E-state index in [4.69, 9.17) is 10.2 Å². The molecule has 2 unspecified atom stereocenters. The summed E-state index contributed by atoms with van der Waals surface area (Å²) in [4.78, 5) is 0. The van der Waals surface area contributed by atoms with Gasteiger partial charge in [-0.1, -0.05) is 0 Å². The second kappa shape index (κ2) is 8.29. The summed E-state index contributed by atoms with van der Waals surface area (Å²) < 4.78 is 0.712. The average Bonchev–Trinajstić information content (AvgIpc) is 2.80. The predicted molar refractivity (Wildman–Crippen MR) is 83.6 cm³/mol. The Kier molecular flexibility index (Phi) is 8.13. The van der Waals surface area contributed by atoms with Crippen LogP contribution in [0, 0.1) is 0 Å². The van der Waals surface area contributed by atoms with Gasteiger partial charge < -0.3 is 10.2 Å². The molecule has 2 nitrogen and oxygen atoms in total. The molecule has 0 spiro atoms. The summed E-state index contributed by atoms with van der Waals surface area (Å²) in [6, 6.07) is 0. The molecule has 2 aliphatic carbocycles. The van der Waals surface area contributed by atoms with Crippen LogP contribution in [0.3, 0.4) is 0 Å². The van der Waals surface area contributed by atoms with Crippen LogP contribution in [0.15, 0.2) is 46.6 Å². The van der Waals surface area contributed by atoms with Crippen LogP contribution >= 0.6 is 0 Å². The second-order valence-corrected chi connectivity index (χ2v) is 9.60. The standard InChI is InChI=1S/2C8H11.2CH3O.Ti/c2*1-6-4-7(2)8(3)5-6;2*1-2;/h2*4-5H,1-3H3;2*1H3;/q;;2*-1;+2. The molecule has 0 aromatic rings. The smallest absolute Gasteiger partial charge is 0.153 e. The van der Waals surface area contributed by atoms with Crippen LogP contribution in [0.5, 0.6) is 0 Å². The molecule has 116 valence electrons. The van der Waals surface area contributed by atoms with Crippen LogP contribution in [0.25, 0.3) is 0 Å². The first-order valence-electron chi connectivity index (χ1n) is 7.13. The van der Waals surface area contributed by atoms with Crippen molar-refractivity contribution in [1.29, 1.82) is 0 Å². The van der Waals surface area contributed by atoms with Crippen LogP contribution in [-0.2, 0) is 19.2 Å². The fourth-order valence-corrected chi connectivity index (χ4v) is 6.48. The monoisotopic (exact) mass is 324 g/mol. The van der Waals surface area contributed by atoms with E-state index in [0.717, 1.165) is 14.2 Å². The molecule has 0 radical (unpaired) electrons. The molecule has 2 aliphatic rings. The van der Waals surface area contributed by atoms with Gasteiger partial charge in [-0.3, -0.25) is 0 Å². The molecular weight excluding hydrogens is 296 g/mol. The van der Waals surface area contributed by atoms with Crippen LogP contribution < -0.4 is 10.2 Å². The van der Waals surface area contributed by atoms with Crippen molar-refractivity contribution in [3.05, 3.63) is 46.6 Å². The number of hydrogen-bond acceptors (Lipinski definition) is 2. The van der Waals surface area contributed by atoms with E-state index in [1.165, 1.54) is 11.1 Å². The van der Waals surface area contributed by atoms with Gasteiger partial charge in [-0.15, -0.1) is 0 Å². The molecule has 0 aliphatic heterocycles. The SMILES string of the molecule is CC1=C[C](C)([Ti+2][C]2(C)C=C(C)C=C2C)C(C)=C1.C[O-].C[O-]. The first kappa shape index (κ1) is 20.6. The van der Waals surface area contributed by atoms with Crippen LogP contribution in [0.1, 0.15) is 41.5 Å². The largest absolute Gasteiger partial charge is 0.857 e. The van der Waals surface area contributed by atoms with Gasteiger partial charge in [0.15, 0.2) is 0 Å². The van der Waals surface area contributed by atoms with Gasteiger partial charge in [0.1, 0.15) is 0 Å². The molecule has 0 fully saturated rings. The molecule has 0 heterocycles. The average molecular weight is 324 g/mol. The summed E-state index contributed by atoms with van der Waals surface area (Å²) in [7, 11) is 1.50. The summed E-state index contributed by atoms with van der Waals surface area (Å²) in [5, 5.41) is 16.5. The first-order valence-corrected chi connectivity index (χ1v) is 8.69. The molecule has 21 heavy (non-hydrogen) atoms. The zero-order chi connectivity index (χ0) is 16.8. The topological polar surface area (TPSA) is 46.1 Å². The van der Waals surface area contributed by atoms with Crippen molar-refractivity contribution in [3.63, 3.8) is 0 Å². The number of rotatable bonds is 2. The van der Waals surface area contributed by atoms with E-state index in [9.17, 15) is 0 Å². The summed E-state index contributed by atoms with van der Waals surface area (Å²) in [6.07, 6.45) is 9.69. The van der Waals surface area contributed by atoms with Crippen molar-refractivity contribution in [2.75, 3.05) is 14.2 Å². The molecule has 0 N–H and O–H groups in total. The fourth-order valence-electron chi connectivity index (χ4n) is 3.01. The van der Waals surface area contributed by atoms with Crippen LogP contribution in [0.2, 0.25) is 7.44 Å². The zero-order valence-corrected chi connectivity index (χ0v) is 16.2. The first-order chi connectivity index (χ1) is 9.75. The Balaban J connectivity index is 0.000000921. The second-order valence-electron chi connectivity index (χ2n) is 5.96. The summed E-state index contributed by atoms with van der Waals surface area (Å²) in [5.74, 6) is 0. The van der Waals surface area contributed by atoms with Gasteiger partial charge in [-0.2, -0.15) is 14.2 Å². The van der Waals surface area contributed by atoms with Crippen molar-refractivity contribution in [2.24, 2.45) is 0 Å². The molecule has 0 aromatic heterocycles. The van der Waals surface area contributed by atoms with Crippen molar-refractivity contribution in [3.8, 4) is 0 Å². The van der Waals surface area contributed by atoms with Crippen LogP contribution in [0.4, 0.5) is 0 Å². The van der Waals surface area contributed by atoms with Gasteiger partial charge in [0.25, 0.3) is 0 Å². The molecule has 0 aromatic carbocycles. The van der Waals surface area contributed by atoms with Crippen molar-refractivity contribution < 1.29 is 29.4 Å². The van der Waals surface area contributed by atoms with Crippen molar-refractivity contribution >= 4 is 0 Å². The molecule has 2 atom stereocenters. The number of hydrogen-bond donors (Lipinski definition) is 0. The van der Waals surface area contributed by atoms with E-state index >= 15 is 0 Å². The van der Waals surface area contributed by atoms with E-state index in [2.05, 4.69) is 65.8 Å². The Bertz CT molecular complexity index is 441. The van der Waals surface area contributed by atoms with Gasteiger partial charge in [-0.25, -0.2) is 0 Å². The van der Waals surface area contributed by atoms with Gasteiger partial charge >= 0.3 is 115 Å². The molecule has 0 bridgehead atoms. The van der Waals surface area contributed by atoms with Gasteiger partial charge in [0.2, 0.25) is 0 Å². The van der Waals surface area contributed by atoms with Gasteiger partial charge in [-0.05, 0) is 0 Å². The van der Waals surface area contributed by atoms with E-state index in [1.807, 2.05) is 0 Å². The van der Waals surface area contributed by atoms with Gasteiger partial charge in [0.05, 0.1) is 0 Å². The molecular formula is C18H28O2Ti. The van der Waals surface area contributed by atoms with E-state index in [1.54, 1.807) is 11.1 Å². The van der Waals surface area contributed by atoms with Crippen molar-refractivity contribution in [2.45, 2.75) is 49.0 Å². The summed E-state index contributed by atoms with van der Waals surface area (Å²) in [5.41, 5.74) is 6.00. The maximum absolute atomic E-state index is 8.25. The third-order valence-corrected chi connectivity index (χ3v) is 7.38. The predicted octanol–water partition coefficient (Wildman–Crippen LogP) is 3.19.